The van der Waals surface area contributed by atoms with E-state index in [1.807, 2.05) is 0 Å². The van der Waals surface area contributed by atoms with Gasteiger partial charge >= 0.3 is 0 Å². The number of aliphatic imine (C=N–C) groups is 1. The third-order valence-corrected chi connectivity index (χ3v) is 2.81. The van der Waals surface area contributed by atoms with E-state index in [4.69, 9.17) is 5.26 Å². The number of isocyanates is 1. The second kappa shape index (κ2) is 4.20. The third-order valence-electron chi connectivity index (χ3n) is 2.81. The topological polar surface area (TPSA) is 53.2 Å². The fourth-order valence-electron chi connectivity index (χ4n) is 1.83. The summed E-state index contributed by atoms with van der Waals surface area (Å²) in [5.74, 6) is 0.650. The molecular formula is C10H14N2O. The molecular weight excluding hydrogens is 164 g/mol. The summed E-state index contributed by atoms with van der Waals surface area (Å²) in [5.41, 5.74) is -0.757. The van der Waals surface area contributed by atoms with E-state index >= 15 is 0 Å². The molecule has 1 aliphatic carbocycles. The largest absolute Gasteiger partial charge is 0.236 e. The lowest BCUT2D eigenvalue weighted by molar-refractivity contribution is 0.452. The van der Waals surface area contributed by atoms with Crippen molar-refractivity contribution in [3.63, 3.8) is 0 Å². The first kappa shape index (κ1) is 9.95. The van der Waals surface area contributed by atoms with Crippen molar-refractivity contribution in [2.75, 3.05) is 0 Å². The maximum Gasteiger partial charge on any atom is 0.236 e. The fraction of sp³-hybridized carbons (Fsp3) is 0.800. The summed E-state index contributed by atoms with van der Waals surface area (Å²) in [5, 5.41) is 8.96. The van der Waals surface area contributed by atoms with Crippen LogP contribution in [0.25, 0.3) is 0 Å². The van der Waals surface area contributed by atoms with E-state index in [1.54, 1.807) is 0 Å². The van der Waals surface area contributed by atoms with Gasteiger partial charge in [0, 0.05) is 0 Å². The van der Waals surface area contributed by atoms with E-state index in [0.717, 1.165) is 19.3 Å². The van der Waals surface area contributed by atoms with Crippen LogP contribution in [0.4, 0.5) is 0 Å². The smallest absolute Gasteiger partial charge is 0.211 e. The van der Waals surface area contributed by atoms with Crippen LogP contribution in [-0.2, 0) is 4.79 Å². The molecule has 1 aliphatic rings. The highest BCUT2D eigenvalue weighted by molar-refractivity contribution is 5.37. The quantitative estimate of drug-likeness (QED) is 0.351. The lowest BCUT2D eigenvalue weighted by Gasteiger charge is -2.16. The molecule has 0 aromatic heterocycles. The predicted octanol–water partition coefficient (Wildman–Crippen LogP) is 2.18. The Balaban J connectivity index is 2.76. The minimum Gasteiger partial charge on any atom is -0.211 e. The number of hydrogen-bond acceptors (Lipinski definition) is 3. The van der Waals surface area contributed by atoms with E-state index in [-0.39, 0.29) is 0 Å². The maximum absolute atomic E-state index is 10.2. The Morgan fingerprint density at radius 1 is 1.46 bits per heavy atom. The van der Waals surface area contributed by atoms with E-state index in [2.05, 4.69) is 18.0 Å². The standard InChI is InChI=1S/C10H14N2O/c1-9-3-2-5-10(7-11,6-4-9)12-8-13/h9H,2-6H2,1H3. The predicted molar refractivity (Wildman–Crippen MR) is 48.7 cm³/mol. The SMILES string of the molecule is CC1CCCC(C#N)(N=C=O)CC1. The van der Waals surface area contributed by atoms with Crippen LogP contribution in [0.3, 0.4) is 0 Å². The molecule has 1 rings (SSSR count). The van der Waals surface area contributed by atoms with Gasteiger partial charge in [-0.25, -0.2) is 4.79 Å². The number of rotatable bonds is 1. The Bertz CT molecular complexity index is 263. The van der Waals surface area contributed by atoms with Crippen molar-refractivity contribution >= 4 is 6.08 Å². The molecule has 0 heterocycles. The normalized spacial score (nSPS) is 34.0. The van der Waals surface area contributed by atoms with Gasteiger partial charge in [-0.3, -0.25) is 0 Å². The Labute approximate surface area is 78.5 Å². The molecule has 3 nitrogen and oxygen atoms in total. The first-order chi connectivity index (χ1) is 6.22. The van der Waals surface area contributed by atoms with Crippen LogP contribution in [0, 0.1) is 17.2 Å². The van der Waals surface area contributed by atoms with Crippen LogP contribution in [0.5, 0.6) is 0 Å². The molecule has 0 N–H and O–H groups in total. The molecule has 70 valence electrons. The Kier molecular flexibility index (Phi) is 3.22. The molecule has 0 bridgehead atoms. The van der Waals surface area contributed by atoms with Gasteiger partial charge in [0.25, 0.3) is 0 Å². The molecule has 13 heavy (non-hydrogen) atoms. The lowest BCUT2D eigenvalue weighted by Crippen LogP contribution is -2.22. The van der Waals surface area contributed by atoms with Crippen molar-refractivity contribution in [1.82, 2.24) is 0 Å². The van der Waals surface area contributed by atoms with E-state index in [1.165, 1.54) is 6.08 Å². The Morgan fingerprint density at radius 2 is 2.23 bits per heavy atom. The molecule has 1 saturated carbocycles. The highest BCUT2D eigenvalue weighted by Crippen LogP contribution is 2.32. The van der Waals surface area contributed by atoms with E-state index < -0.39 is 5.54 Å². The van der Waals surface area contributed by atoms with Crippen molar-refractivity contribution in [2.45, 2.75) is 44.6 Å². The zero-order valence-electron chi connectivity index (χ0n) is 7.92. The van der Waals surface area contributed by atoms with Crippen LogP contribution in [0.2, 0.25) is 0 Å². The Morgan fingerprint density at radius 3 is 2.85 bits per heavy atom. The summed E-state index contributed by atoms with van der Waals surface area (Å²) in [6, 6.07) is 2.15. The molecule has 0 aromatic carbocycles. The van der Waals surface area contributed by atoms with Crippen LogP contribution in [-0.4, -0.2) is 11.6 Å². The van der Waals surface area contributed by atoms with Crippen molar-refractivity contribution in [3.05, 3.63) is 0 Å². The van der Waals surface area contributed by atoms with Gasteiger partial charge in [-0.2, -0.15) is 10.3 Å². The minimum absolute atomic E-state index is 0.650. The van der Waals surface area contributed by atoms with E-state index in [0.29, 0.717) is 18.8 Å². The average molecular weight is 178 g/mol. The molecule has 0 amide bonds. The van der Waals surface area contributed by atoms with Gasteiger partial charge in [0.05, 0.1) is 6.07 Å². The summed E-state index contributed by atoms with van der Waals surface area (Å²) in [4.78, 5) is 13.8. The van der Waals surface area contributed by atoms with Gasteiger partial charge in [0.1, 0.15) is 0 Å². The molecule has 0 aliphatic heterocycles. The highest BCUT2D eigenvalue weighted by Gasteiger charge is 2.31. The lowest BCUT2D eigenvalue weighted by atomic mass is 9.92. The number of nitrogens with zero attached hydrogens (tertiary/aromatic N) is 2. The average Bonchev–Trinajstić information content (AvgIpc) is 2.30. The third kappa shape index (κ3) is 2.40. The summed E-state index contributed by atoms with van der Waals surface area (Å²) >= 11 is 0. The van der Waals surface area contributed by atoms with Crippen molar-refractivity contribution in [1.29, 1.82) is 5.26 Å². The maximum atomic E-state index is 10.2. The Hall–Kier alpha value is -1.13. The molecule has 2 atom stereocenters. The van der Waals surface area contributed by atoms with Gasteiger partial charge in [-0.05, 0) is 31.6 Å². The summed E-state index contributed by atoms with van der Waals surface area (Å²) in [7, 11) is 0. The monoisotopic (exact) mass is 178 g/mol. The molecule has 2 unspecified atom stereocenters. The van der Waals surface area contributed by atoms with Crippen LogP contribution < -0.4 is 0 Å². The van der Waals surface area contributed by atoms with Gasteiger partial charge in [-0.15, -0.1) is 0 Å². The zero-order chi connectivity index (χ0) is 9.73. The van der Waals surface area contributed by atoms with Crippen LogP contribution in [0.1, 0.15) is 39.0 Å². The minimum atomic E-state index is -0.757. The van der Waals surface area contributed by atoms with Gasteiger partial charge in [0.15, 0.2) is 5.54 Å². The van der Waals surface area contributed by atoms with E-state index in [9.17, 15) is 4.79 Å². The van der Waals surface area contributed by atoms with Crippen molar-refractivity contribution in [2.24, 2.45) is 10.9 Å². The molecule has 3 heteroatoms. The van der Waals surface area contributed by atoms with Crippen molar-refractivity contribution < 1.29 is 4.79 Å². The number of hydrogen-bond donors (Lipinski definition) is 0. The van der Waals surface area contributed by atoms with Gasteiger partial charge in [0.2, 0.25) is 6.08 Å². The first-order valence-electron chi connectivity index (χ1n) is 4.73. The number of carbonyl (C=O) groups excluding carboxylic acids is 1. The van der Waals surface area contributed by atoms with Crippen molar-refractivity contribution in [3.8, 4) is 6.07 Å². The summed E-state index contributed by atoms with van der Waals surface area (Å²) in [6.07, 6.45) is 6.05. The molecule has 0 radical (unpaired) electrons. The number of nitriles is 1. The first-order valence-corrected chi connectivity index (χ1v) is 4.73. The zero-order valence-corrected chi connectivity index (χ0v) is 7.92. The fourth-order valence-corrected chi connectivity index (χ4v) is 1.83. The molecule has 0 aromatic rings. The summed E-state index contributed by atoms with van der Waals surface area (Å²) in [6.45, 7) is 2.18. The van der Waals surface area contributed by atoms with Crippen LogP contribution >= 0.6 is 0 Å². The summed E-state index contributed by atoms with van der Waals surface area (Å²) < 4.78 is 0. The van der Waals surface area contributed by atoms with Gasteiger partial charge < -0.3 is 0 Å². The van der Waals surface area contributed by atoms with Crippen LogP contribution in [0.15, 0.2) is 4.99 Å². The van der Waals surface area contributed by atoms with Gasteiger partial charge in [-0.1, -0.05) is 13.3 Å². The second-order valence-electron chi connectivity index (χ2n) is 3.88. The molecule has 1 fully saturated rings. The molecule has 0 spiro atoms. The molecule has 0 saturated heterocycles. The second-order valence-corrected chi connectivity index (χ2v) is 3.88. The highest BCUT2D eigenvalue weighted by atomic mass is 16.1.